The third-order valence-corrected chi connectivity index (χ3v) is 5.85. The molecule has 1 amide bonds. The Morgan fingerprint density at radius 2 is 2.04 bits per heavy atom. The lowest BCUT2D eigenvalue weighted by atomic mass is 10.2. The summed E-state index contributed by atoms with van der Waals surface area (Å²) in [4.78, 5) is 12.4. The Labute approximate surface area is 132 Å². The highest BCUT2D eigenvalue weighted by atomic mass is 32.2. The van der Waals surface area contributed by atoms with Gasteiger partial charge in [0.05, 0.1) is 0 Å². The van der Waals surface area contributed by atoms with E-state index >= 15 is 0 Å². The van der Waals surface area contributed by atoms with Gasteiger partial charge in [0.25, 0.3) is 5.91 Å². The van der Waals surface area contributed by atoms with Crippen molar-refractivity contribution in [3.63, 3.8) is 0 Å². The lowest BCUT2D eigenvalue weighted by Gasteiger charge is -2.23. The summed E-state index contributed by atoms with van der Waals surface area (Å²) in [7, 11) is -3.85. The zero-order chi connectivity index (χ0) is 16.6. The molecule has 10 nitrogen and oxygen atoms in total. The van der Waals surface area contributed by atoms with Crippen LogP contribution in [0.1, 0.15) is 24.3 Å². The van der Waals surface area contributed by atoms with Crippen LogP contribution in [0, 0.1) is 13.8 Å². The quantitative estimate of drug-likeness (QED) is 0.818. The van der Waals surface area contributed by atoms with Gasteiger partial charge in [0, 0.05) is 6.54 Å². The Morgan fingerprint density at radius 3 is 2.65 bits per heavy atom. The number of sulfonamides is 1. The fourth-order valence-electron chi connectivity index (χ4n) is 2.71. The number of rotatable bonds is 4. The van der Waals surface area contributed by atoms with Crippen LogP contribution in [0.5, 0.6) is 0 Å². The van der Waals surface area contributed by atoms with Crippen LogP contribution >= 0.6 is 0 Å². The average molecular weight is 340 g/mol. The highest BCUT2D eigenvalue weighted by Crippen LogP contribution is 2.29. The third-order valence-electron chi connectivity index (χ3n) is 3.70. The number of amides is 1. The Bertz CT molecular complexity index is 793. The van der Waals surface area contributed by atoms with Gasteiger partial charge >= 0.3 is 0 Å². The first-order chi connectivity index (χ1) is 10.9. The zero-order valence-electron chi connectivity index (χ0n) is 12.6. The SMILES string of the molecule is Cc1noc(C)c1S(=O)(=O)N1CCC[C@@H]1C(=O)Nn1cnnc1. The van der Waals surface area contributed by atoms with Crippen molar-refractivity contribution in [2.45, 2.75) is 37.6 Å². The predicted molar refractivity (Wildman–Crippen MR) is 77.3 cm³/mol. The number of carbonyl (C=O) groups is 1. The molecule has 0 bridgehead atoms. The van der Waals surface area contributed by atoms with Crippen molar-refractivity contribution in [3.8, 4) is 0 Å². The van der Waals surface area contributed by atoms with Gasteiger partial charge in [-0.25, -0.2) is 13.1 Å². The van der Waals surface area contributed by atoms with Gasteiger partial charge in [-0.2, -0.15) is 4.31 Å². The van der Waals surface area contributed by atoms with Gasteiger partial charge in [0.1, 0.15) is 29.3 Å². The number of carbonyl (C=O) groups excluding carboxylic acids is 1. The summed E-state index contributed by atoms with van der Waals surface area (Å²) in [6, 6.07) is -0.795. The van der Waals surface area contributed by atoms with Crippen LogP contribution in [0.25, 0.3) is 0 Å². The summed E-state index contributed by atoms with van der Waals surface area (Å²) in [6.45, 7) is 3.37. The largest absolute Gasteiger partial charge is 0.360 e. The second-order valence-electron chi connectivity index (χ2n) is 5.27. The molecule has 2 aromatic rings. The molecule has 1 fully saturated rings. The summed E-state index contributed by atoms with van der Waals surface area (Å²) in [5.74, 6) is -0.218. The predicted octanol–water partition coefficient (Wildman–Crippen LogP) is -0.194. The molecule has 1 saturated heterocycles. The minimum Gasteiger partial charge on any atom is -0.360 e. The van der Waals surface area contributed by atoms with Gasteiger partial charge in [-0.15, -0.1) is 10.2 Å². The monoisotopic (exact) mass is 340 g/mol. The molecule has 1 atom stereocenters. The second-order valence-corrected chi connectivity index (χ2v) is 7.10. The van der Waals surface area contributed by atoms with Gasteiger partial charge in [-0.05, 0) is 26.7 Å². The van der Waals surface area contributed by atoms with E-state index in [1.54, 1.807) is 6.92 Å². The van der Waals surface area contributed by atoms with E-state index in [2.05, 4.69) is 20.8 Å². The molecular weight excluding hydrogens is 324 g/mol. The maximum atomic E-state index is 12.9. The standard InChI is InChI=1S/C12H16N6O4S/c1-8-11(9(2)22-16-8)23(20,21)18-5-3-4-10(18)12(19)15-17-6-13-14-7-17/h6-7,10H,3-5H2,1-2H3,(H,15,19)/t10-/m1/s1. The number of hydrogen-bond donors (Lipinski definition) is 1. The van der Waals surface area contributed by atoms with E-state index in [1.807, 2.05) is 0 Å². The molecule has 3 rings (SSSR count). The summed E-state index contributed by atoms with van der Waals surface area (Å²) in [5.41, 5.74) is 2.83. The highest BCUT2D eigenvalue weighted by Gasteiger charge is 2.42. The molecule has 0 aromatic carbocycles. The lowest BCUT2D eigenvalue weighted by Crippen LogP contribution is -2.45. The average Bonchev–Trinajstić information content (AvgIpc) is 3.20. The highest BCUT2D eigenvalue weighted by molar-refractivity contribution is 7.89. The van der Waals surface area contributed by atoms with E-state index in [1.165, 1.54) is 28.6 Å². The Balaban J connectivity index is 1.88. The first kappa shape index (κ1) is 15.6. The number of nitrogens with zero attached hydrogens (tertiary/aromatic N) is 5. The molecule has 11 heteroatoms. The number of aromatic nitrogens is 4. The van der Waals surface area contributed by atoms with Crippen molar-refractivity contribution < 1.29 is 17.7 Å². The van der Waals surface area contributed by atoms with E-state index in [4.69, 9.17) is 4.52 Å². The van der Waals surface area contributed by atoms with E-state index in [-0.39, 0.29) is 22.9 Å². The maximum Gasteiger partial charge on any atom is 0.257 e. The van der Waals surface area contributed by atoms with E-state index in [0.29, 0.717) is 12.8 Å². The normalized spacial score (nSPS) is 19.1. The van der Waals surface area contributed by atoms with Gasteiger partial charge in [-0.3, -0.25) is 10.2 Å². The van der Waals surface area contributed by atoms with Crippen LogP contribution in [-0.4, -0.2) is 51.2 Å². The van der Waals surface area contributed by atoms with Crippen molar-refractivity contribution in [1.82, 2.24) is 24.3 Å². The third kappa shape index (κ3) is 2.72. The fraction of sp³-hybridized carbons (Fsp3) is 0.500. The topological polar surface area (TPSA) is 123 Å². The van der Waals surface area contributed by atoms with E-state index in [9.17, 15) is 13.2 Å². The summed E-state index contributed by atoms with van der Waals surface area (Å²) in [6.07, 6.45) is 3.68. The molecule has 0 spiro atoms. The molecule has 0 saturated carbocycles. The summed E-state index contributed by atoms with van der Waals surface area (Å²) >= 11 is 0. The van der Waals surface area contributed by atoms with Gasteiger partial charge in [0.15, 0.2) is 5.76 Å². The Hall–Kier alpha value is -2.27. The maximum absolute atomic E-state index is 12.9. The van der Waals surface area contributed by atoms with Crippen molar-refractivity contribution >= 4 is 15.9 Å². The van der Waals surface area contributed by atoms with E-state index < -0.39 is 22.0 Å². The fourth-order valence-corrected chi connectivity index (χ4v) is 4.66. The van der Waals surface area contributed by atoms with Gasteiger partial charge in [0.2, 0.25) is 10.0 Å². The minimum absolute atomic E-state index is 0.0292. The molecule has 1 aliphatic rings. The molecule has 3 heterocycles. The molecule has 2 aromatic heterocycles. The van der Waals surface area contributed by atoms with Crippen LogP contribution in [-0.2, 0) is 14.8 Å². The number of hydrogen-bond acceptors (Lipinski definition) is 7. The molecular formula is C12H16N6O4S. The lowest BCUT2D eigenvalue weighted by molar-refractivity contribution is -0.120. The van der Waals surface area contributed by atoms with Crippen molar-refractivity contribution in [1.29, 1.82) is 0 Å². The first-order valence-corrected chi connectivity index (χ1v) is 8.45. The molecule has 1 N–H and O–H groups in total. The Morgan fingerprint density at radius 1 is 1.35 bits per heavy atom. The summed E-state index contributed by atoms with van der Waals surface area (Å²) in [5, 5.41) is 10.8. The second kappa shape index (κ2) is 5.74. The van der Waals surface area contributed by atoms with Crippen LogP contribution in [0.15, 0.2) is 22.1 Å². The Kier molecular flexibility index (Phi) is 3.90. The summed E-state index contributed by atoms with van der Waals surface area (Å²) < 4.78 is 33.2. The van der Waals surface area contributed by atoms with Crippen molar-refractivity contribution in [2.24, 2.45) is 0 Å². The van der Waals surface area contributed by atoms with Crippen LogP contribution < -0.4 is 5.43 Å². The first-order valence-electron chi connectivity index (χ1n) is 7.01. The smallest absolute Gasteiger partial charge is 0.257 e. The zero-order valence-corrected chi connectivity index (χ0v) is 13.4. The van der Waals surface area contributed by atoms with Gasteiger partial charge < -0.3 is 4.52 Å². The van der Waals surface area contributed by atoms with Crippen LogP contribution in [0.4, 0.5) is 0 Å². The van der Waals surface area contributed by atoms with Crippen LogP contribution in [0.2, 0.25) is 0 Å². The molecule has 0 aliphatic carbocycles. The van der Waals surface area contributed by atoms with Crippen molar-refractivity contribution in [3.05, 3.63) is 24.1 Å². The number of aryl methyl sites for hydroxylation is 2. The molecule has 1 aliphatic heterocycles. The minimum atomic E-state index is -3.85. The van der Waals surface area contributed by atoms with E-state index in [0.717, 1.165) is 0 Å². The number of nitrogens with one attached hydrogen (secondary N) is 1. The molecule has 124 valence electrons. The van der Waals surface area contributed by atoms with Crippen LogP contribution in [0.3, 0.4) is 0 Å². The van der Waals surface area contributed by atoms with Crippen molar-refractivity contribution in [2.75, 3.05) is 12.0 Å². The molecule has 23 heavy (non-hydrogen) atoms. The van der Waals surface area contributed by atoms with Gasteiger partial charge in [-0.1, -0.05) is 5.16 Å². The molecule has 0 unspecified atom stereocenters. The molecule has 0 radical (unpaired) electrons.